The van der Waals surface area contributed by atoms with E-state index < -0.39 is 56.4 Å². The number of phosphoric ester groups is 1. The monoisotopic (exact) mass is 510 g/mol. The average molecular weight is 511 g/mol. The van der Waals surface area contributed by atoms with Gasteiger partial charge in [0, 0.05) is 28.9 Å². The van der Waals surface area contributed by atoms with E-state index in [1.807, 2.05) is 0 Å². The number of aliphatic hydroxyl groups is 1. The third-order valence-corrected chi connectivity index (χ3v) is 7.01. The lowest BCUT2D eigenvalue weighted by molar-refractivity contribution is -0.141. The van der Waals surface area contributed by atoms with Crippen LogP contribution >= 0.6 is 19.4 Å². The van der Waals surface area contributed by atoms with E-state index in [0.29, 0.717) is 10.3 Å². The van der Waals surface area contributed by atoms with Gasteiger partial charge in [-0.2, -0.15) is 13.8 Å². The zero-order valence-corrected chi connectivity index (χ0v) is 18.7. The highest BCUT2D eigenvalue weighted by Gasteiger charge is 2.60. The minimum Gasteiger partial charge on any atom is -0.384 e. The van der Waals surface area contributed by atoms with Crippen LogP contribution in [0.2, 0.25) is 5.02 Å². The molecule has 0 saturated carbocycles. The van der Waals surface area contributed by atoms with Gasteiger partial charge in [-0.05, 0) is 31.2 Å². The number of aliphatic hydroxyl groups excluding tert-OH is 1. The van der Waals surface area contributed by atoms with E-state index in [9.17, 15) is 27.6 Å². The Balaban J connectivity index is 1.47. The maximum atomic E-state index is 14.6. The molecule has 2 aliphatic heterocycles. The SMILES string of the molecule is Cc1ccn([C@@H]2O[C@H](COP3(=O)OCC[C@H](c4cc(F)ccc4Cl)O3)[C@@H](O)C2(F)F)c(=O)n1. The maximum absolute atomic E-state index is 14.6. The molecular weight excluding hydrogens is 492 g/mol. The van der Waals surface area contributed by atoms with Gasteiger partial charge in [-0.3, -0.25) is 18.1 Å². The lowest BCUT2D eigenvalue weighted by Crippen LogP contribution is -2.42. The fraction of sp³-hybridized carbons (Fsp3) is 0.474. The molecule has 4 rings (SSSR count). The molecule has 14 heteroatoms. The number of ether oxygens (including phenoxy) is 1. The van der Waals surface area contributed by atoms with Crippen LogP contribution in [0.25, 0.3) is 0 Å². The summed E-state index contributed by atoms with van der Waals surface area (Å²) in [6, 6.07) is 4.90. The van der Waals surface area contributed by atoms with Gasteiger partial charge in [-0.25, -0.2) is 13.8 Å². The standard InChI is InChI=1S/C19H19ClF3N2O7P/c1-10-4-6-25(18(27)24-10)17-19(22,23)16(26)15(31-17)9-30-33(28)29-7-5-14(32-33)12-8-11(21)2-3-13(12)20/h2-4,6,8,14-17,26H,5,7,9H2,1H3/t14-,15-,16-,17-,33?/m1/s1. The molecule has 0 bridgehead atoms. The summed E-state index contributed by atoms with van der Waals surface area (Å²) in [5.41, 5.74) is -0.454. The summed E-state index contributed by atoms with van der Waals surface area (Å²) in [4.78, 5) is 15.6. The quantitative estimate of drug-likeness (QED) is 0.608. The summed E-state index contributed by atoms with van der Waals surface area (Å²) in [6.07, 6.45) is -5.90. The van der Waals surface area contributed by atoms with E-state index in [1.54, 1.807) is 0 Å². The smallest absolute Gasteiger partial charge is 0.384 e. The van der Waals surface area contributed by atoms with Gasteiger partial charge in [0.25, 0.3) is 0 Å². The van der Waals surface area contributed by atoms with E-state index in [1.165, 1.54) is 19.1 Å². The molecule has 2 fully saturated rings. The molecule has 33 heavy (non-hydrogen) atoms. The van der Waals surface area contributed by atoms with Crippen molar-refractivity contribution in [1.82, 2.24) is 9.55 Å². The summed E-state index contributed by atoms with van der Waals surface area (Å²) >= 11 is 6.06. The van der Waals surface area contributed by atoms with Crippen LogP contribution in [-0.4, -0.2) is 46.0 Å². The molecule has 5 atom stereocenters. The topological polar surface area (TPSA) is 109 Å². The minimum absolute atomic E-state index is 0.105. The van der Waals surface area contributed by atoms with Crippen molar-refractivity contribution in [3.63, 3.8) is 0 Å². The fourth-order valence-corrected chi connectivity index (χ4v) is 5.12. The summed E-state index contributed by atoms with van der Waals surface area (Å²) < 4.78 is 77.0. The van der Waals surface area contributed by atoms with E-state index in [4.69, 9.17) is 29.9 Å². The zero-order chi connectivity index (χ0) is 24.0. The molecular formula is C19H19ClF3N2O7P. The second-order valence-corrected chi connectivity index (χ2v) is 9.56. The molecule has 1 unspecified atom stereocenters. The predicted molar refractivity (Wildman–Crippen MR) is 107 cm³/mol. The predicted octanol–water partition coefficient (Wildman–Crippen LogP) is 3.54. The van der Waals surface area contributed by atoms with Gasteiger partial charge >= 0.3 is 19.4 Å². The second-order valence-electron chi connectivity index (χ2n) is 7.53. The molecule has 0 aliphatic carbocycles. The van der Waals surface area contributed by atoms with Crippen LogP contribution < -0.4 is 5.69 Å². The van der Waals surface area contributed by atoms with Crippen molar-refractivity contribution in [3.05, 3.63) is 63.0 Å². The zero-order valence-electron chi connectivity index (χ0n) is 17.1. The molecule has 1 N–H and O–H groups in total. The highest BCUT2D eigenvalue weighted by atomic mass is 35.5. The number of aromatic nitrogens is 2. The van der Waals surface area contributed by atoms with Gasteiger partial charge < -0.3 is 9.84 Å². The highest BCUT2D eigenvalue weighted by molar-refractivity contribution is 7.48. The van der Waals surface area contributed by atoms with Crippen molar-refractivity contribution in [2.24, 2.45) is 0 Å². The van der Waals surface area contributed by atoms with Crippen LogP contribution in [0.5, 0.6) is 0 Å². The molecule has 9 nitrogen and oxygen atoms in total. The van der Waals surface area contributed by atoms with E-state index in [0.717, 1.165) is 18.3 Å². The number of hydrogen-bond donors (Lipinski definition) is 1. The maximum Gasteiger partial charge on any atom is 0.475 e. The number of rotatable bonds is 5. The van der Waals surface area contributed by atoms with Crippen LogP contribution in [0.1, 0.15) is 30.0 Å². The molecule has 0 spiro atoms. The molecule has 1 aromatic carbocycles. The van der Waals surface area contributed by atoms with Crippen molar-refractivity contribution in [2.45, 2.75) is 43.8 Å². The van der Waals surface area contributed by atoms with Crippen molar-refractivity contribution >= 4 is 19.4 Å². The van der Waals surface area contributed by atoms with E-state index in [-0.39, 0.29) is 23.6 Å². The van der Waals surface area contributed by atoms with E-state index in [2.05, 4.69) is 4.98 Å². The molecule has 2 saturated heterocycles. The number of benzene rings is 1. The molecule has 2 aromatic rings. The van der Waals surface area contributed by atoms with Crippen molar-refractivity contribution in [2.75, 3.05) is 13.2 Å². The van der Waals surface area contributed by atoms with Gasteiger partial charge in [0.05, 0.1) is 19.3 Å². The summed E-state index contributed by atoms with van der Waals surface area (Å²) in [5, 5.41) is 10.3. The highest BCUT2D eigenvalue weighted by Crippen LogP contribution is 2.58. The van der Waals surface area contributed by atoms with Crippen molar-refractivity contribution in [3.8, 4) is 0 Å². The van der Waals surface area contributed by atoms with Crippen LogP contribution in [0.3, 0.4) is 0 Å². The van der Waals surface area contributed by atoms with Crippen LogP contribution in [-0.2, 0) is 22.9 Å². The first kappa shape index (κ1) is 24.3. The summed E-state index contributed by atoms with van der Waals surface area (Å²) in [7, 11) is -4.30. The Bertz CT molecular complexity index is 1150. The second kappa shape index (κ2) is 9.10. The fourth-order valence-electron chi connectivity index (χ4n) is 3.50. The number of hydrogen-bond acceptors (Lipinski definition) is 8. The number of nitrogens with zero attached hydrogens (tertiary/aromatic N) is 2. The molecule has 3 heterocycles. The van der Waals surface area contributed by atoms with Gasteiger partial charge in [0.15, 0.2) is 6.10 Å². The molecule has 1 aromatic heterocycles. The van der Waals surface area contributed by atoms with Gasteiger partial charge in [0.1, 0.15) is 11.9 Å². The first-order valence-electron chi connectivity index (χ1n) is 9.80. The van der Waals surface area contributed by atoms with Crippen molar-refractivity contribution in [1.29, 1.82) is 0 Å². The number of alkyl halides is 2. The molecule has 2 aliphatic rings. The first-order valence-corrected chi connectivity index (χ1v) is 11.6. The van der Waals surface area contributed by atoms with Gasteiger partial charge in [0.2, 0.25) is 6.23 Å². The van der Waals surface area contributed by atoms with Gasteiger partial charge in [-0.15, -0.1) is 0 Å². The van der Waals surface area contributed by atoms with Gasteiger partial charge in [-0.1, -0.05) is 11.6 Å². The minimum atomic E-state index is -4.30. The third kappa shape index (κ3) is 4.88. The first-order chi connectivity index (χ1) is 15.5. The Morgan fingerprint density at radius 1 is 1.39 bits per heavy atom. The lowest BCUT2D eigenvalue weighted by Gasteiger charge is -2.30. The largest absolute Gasteiger partial charge is 0.475 e. The third-order valence-electron chi connectivity index (χ3n) is 5.19. The van der Waals surface area contributed by atoms with E-state index >= 15 is 0 Å². The Labute approximate surface area is 190 Å². The number of aryl methyl sites for hydroxylation is 1. The Morgan fingerprint density at radius 2 is 2.15 bits per heavy atom. The summed E-state index contributed by atoms with van der Waals surface area (Å²) in [5.74, 6) is -4.47. The lowest BCUT2D eigenvalue weighted by atomic mass is 10.1. The number of halogens is 4. The summed E-state index contributed by atoms with van der Waals surface area (Å²) in [6.45, 7) is 0.602. The molecule has 180 valence electrons. The average Bonchev–Trinajstić information content (AvgIpc) is 2.97. The van der Waals surface area contributed by atoms with Crippen LogP contribution in [0.4, 0.5) is 13.2 Å². The Kier molecular flexibility index (Phi) is 6.71. The van der Waals surface area contributed by atoms with Crippen molar-refractivity contribution < 1.29 is 41.2 Å². The number of phosphoric acid groups is 1. The van der Waals surface area contributed by atoms with Crippen LogP contribution in [0.15, 0.2) is 35.3 Å². The Morgan fingerprint density at radius 3 is 2.88 bits per heavy atom. The molecule has 0 amide bonds. The Hall–Kier alpha value is -1.79. The normalized spacial score (nSPS) is 31.6. The molecule has 0 radical (unpaired) electrons. The van der Waals surface area contributed by atoms with Crippen LogP contribution in [0, 0.1) is 12.7 Å².